The van der Waals surface area contributed by atoms with Gasteiger partial charge < -0.3 is 19.9 Å². The van der Waals surface area contributed by atoms with Crippen LogP contribution in [0.4, 0.5) is 10.5 Å². The van der Waals surface area contributed by atoms with Crippen LogP contribution in [0.2, 0.25) is 0 Å². The summed E-state index contributed by atoms with van der Waals surface area (Å²) < 4.78 is 7.17. The van der Waals surface area contributed by atoms with Crippen LogP contribution in [0.15, 0.2) is 43.0 Å². The summed E-state index contributed by atoms with van der Waals surface area (Å²) >= 11 is 0. The lowest BCUT2D eigenvalue weighted by Crippen LogP contribution is -2.38. The Labute approximate surface area is 136 Å². The van der Waals surface area contributed by atoms with Gasteiger partial charge in [-0.05, 0) is 39.8 Å². The molecule has 6 heteroatoms. The highest BCUT2D eigenvalue weighted by molar-refractivity contribution is 5.68. The maximum atomic E-state index is 11.7. The zero-order valence-electron chi connectivity index (χ0n) is 14.0. The molecule has 0 saturated carbocycles. The Morgan fingerprint density at radius 3 is 2.74 bits per heavy atom. The number of amides is 1. The summed E-state index contributed by atoms with van der Waals surface area (Å²) in [4.78, 5) is 15.8. The molecular formula is C17H24N4O2. The number of nitrogens with one attached hydrogen (secondary N) is 2. The number of nitrogens with zero attached hydrogens (tertiary/aromatic N) is 2. The van der Waals surface area contributed by atoms with Gasteiger partial charge in [0.2, 0.25) is 0 Å². The van der Waals surface area contributed by atoms with Crippen LogP contribution in [0.1, 0.15) is 27.7 Å². The van der Waals surface area contributed by atoms with E-state index in [2.05, 4.69) is 15.6 Å². The van der Waals surface area contributed by atoms with Gasteiger partial charge in [0.1, 0.15) is 5.60 Å². The highest BCUT2D eigenvalue weighted by atomic mass is 16.6. The van der Waals surface area contributed by atoms with Crippen molar-refractivity contribution in [1.29, 1.82) is 0 Å². The van der Waals surface area contributed by atoms with Crippen molar-refractivity contribution in [3.63, 3.8) is 0 Å². The molecule has 0 fully saturated rings. The first-order chi connectivity index (χ1) is 10.8. The molecule has 2 N–H and O–H groups in total. The molecule has 0 aliphatic rings. The second-order valence-electron chi connectivity index (χ2n) is 6.42. The quantitative estimate of drug-likeness (QED) is 0.889. The highest BCUT2D eigenvalue weighted by Crippen LogP contribution is 2.20. The molecule has 1 amide bonds. The van der Waals surface area contributed by atoms with Crippen LogP contribution in [0.25, 0.3) is 5.69 Å². The molecule has 2 rings (SSSR count). The Kier molecular flexibility index (Phi) is 5.26. The molecule has 0 spiro atoms. The molecule has 0 radical (unpaired) electrons. The summed E-state index contributed by atoms with van der Waals surface area (Å²) in [5.41, 5.74) is 1.49. The minimum Gasteiger partial charge on any atom is -0.444 e. The van der Waals surface area contributed by atoms with Crippen LogP contribution in [-0.4, -0.2) is 33.8 Å². The number of hydrogen-bond donors (Lipinski definition) is 2. The predicted octanol–water partition coefficient (Wildman–Crippen LogP) is 3.20. The lowest BCUT2D eigenvalue weighted by molar-refractivity contribution is 0.0526. The zero-order chi connectivity index (χ0) is 16.9. The van der Waals surface area contributed by atoms with Crippen LogP contribution >= 0.6 is 0 Å². The molecule has 124 valence electrons. The zero-order valence-corrected chi connectivity index (χ0v) is 14.0. The Morgan fingerprint density at radius 2 is 2.09 bits per heavy atom. The van der Waals surface area contributed by atoms with Gasteiger partial charge in [-0.15, -0.1) is 0 Å². The number of ether oxygens (including phenoxy) is 1. The third-order valence-corrected chi connectivity index (χ3v) is 3.04. The SMILES string of the molecule is CC(CNC(=O)OC(C)(C)C)Nc1ccccc1-n1ccnc1. The van der Waals surface area contributed by atoms with Gasteiger partial charge in [0.05, 0.1) is 17.7 Å². The predicted molar refractivity (Wildman–Crippen MR) is 90.9 cm³/mol. The van der Waals surface area contributed by atoms with Gasteiger partial charge in [-0.2, -0.15) is 0 Å². The van der Waals surface area contributed by atoms with Crippen LogP contribution in [0, 0.1) is 0 Å². The number of rotatable bonds is 5. The summed E-state index contributed by atoms with van der Waals surface area (Å²) in [5, 5.41) is 6.17. The summed E-state index contributed by atoms with van der Waals surface area (Å²) in [6.45, 7) is 8.00. The minimum absolute atomic E-state index is 0.0483. The molecule has 1 heterocycles. The monoisotopic (exact) mass is 316 g/mol. The van der Waals surface area contributed by atoms with E-state index in [9.17, 15) is 4.79 Å². The molecule has 1 atom stereocenters. The van der Waals surface area contributed by atoms with Crippen molar-refractivity contribution in [2.75, 3.05) is 11.9 Å². The Hall–Kier alpha value is -2.50. The van der Waals surface area contributed by atoms with Gasteiger partial charge in [-0.3, -0.25) is 0 Å². The number of aromatic nitrogens is 2. The number of benzene rings is 1. The van der Waals surface area contributed by atoms with Gasteiger partial charge in [0.25, 0.3) is 0 Å². The van der Waals surface area contributed by atoms with Gasteiger partial charge in [0, 0.05) is 25.0 Å². The number of hydrogen-bond acceptors (Lipinski definition) is 4. The van der Waals surface area contributed by atoms with E-state index in [1.54, 1.807) is 12.5 Å². The van der Waals surface area contributed by atoms with E-state index in [4.69, 9.17) is 4.74 Å². The lowest BCUT2D eigenvalue weighted by Gasteiger charge is -2.22. The van der Waals surface area contributed by atoms with E-state index < -0.39 is 11.7 Å². The van der Waals surface area contributed by atoms with Crippen molar-refractivity contribution in [3.05, 3.63) is 43.0 Å². The van der Waals surface area contributed by atoms with E-state index in [0.717, 1.165) is 11.4 Å². The third-order valence-electron chi connectivity index (χ3n) is 3.04. The minimum atomic E-state index is -0.491. The number of anilines is 1. The summed E-state index contributed by atoms with van der Waals surface area (Å²) in [7, 11) is 0. The first kappa shape index (κ1) is 16.9. The maximum absolute atomic E-state index is 11.7. The fraction of sp³-hybridized carbons (Fsp3) is 0.412. The van der Waals surface area contributed by atoms with Crippen molar-refractivity contribution in [3.8, 4) is 5.69 Å². The van der Waals surface area contributed by atoms with Gasteiger partial charge >= 0.3 is 6.09 Å². The van der Waals surface area contributed by atoms with Crippen molar-refractivity contribution >= 4 is 11.8 Å². The number of para-hydroxylation sites is 2. The van der Waals surface area contributed by atoms with Crippen molar-refractivity contribution in [2.45, 2.75) is 39.3 Å². The summed E-state index contributed by atoms with van der Waals surface area (Å²) in [5.74, 6) is 0. The maximum Gasteiger partial charge on any atom is 0.407 e. The lowest BCUT2D eigenvalue weighted by atomic mass is 10.2. The van der Waals surface area contributed by atoms with E-state index in [1.807, 2.05) is 62.7 Å². The van der Waals surface area contributed by atoms with Crippen LogP contribution in [0.5, 0.6) is 0 Å². The van der Waals surface area contributed by atoms with Crippen LogP contribution in [-0.2, 0) is 4.74 Å². The molecule has 6 nitrogen and oxygen atoms in total. The first-order valence-corrected chi connectivity index (χ1v) is 7.66. The molecule has 0 aliphatic heterocycles. The van der Waals surface area contributed by atoms with Gasteiger partial charge in [-0.25, -0.2) is 9.78 Å². The molecule has 2 aromatic rings. The number of carbonyl (C=O) groups is 1. The largest absolute Gasteiger partial charge is 0.444 e. The fourth-order valence-electron chi connectivity index (χ4n) is 2.09. The average Bonchev–Trinajstić information content (AvgIpc) is 2.98. The van der Waals surface area contributed by atoms with Crippen LogP contribution < -0.4 is 10.6 Å². The Balaban J connectivity index is 1.94. The molecule has 0 aliphatic carbocycles. The Bertz CT molecular complexity index is 632. The smallest absolute Gasteiger partial charge is 0.407 e. The molecule has 1 aromatic carbocycles. The van der Waals surface area contributed by atoms with Crippen LogP contribution in [0.3, 0.4) is 0 Å². The number of carbonyl (C=O) groups excluding carboxylic acids is 1. The molecule has 0 saturated heterocycles. The fourth-order valence-corrected chi connectivity index (χ4v) is 2.09. The molecule has 0 bridgehead atoms. The molecular weight excluding hydrogens is 292 g/mol. The Morgan fingerprint density at radius 1 is 1.35 bits per heavy atom. The third kappa shape index (κ3) is 5.32. The summed E-state index contributed by atoms with van der Waals surface area (Å²) in [6.07, 6.45) is 4.98. The second-order valence-corrected chi connectivity index (χ2v) is 6.42. The topological polar surface area (TPSA) is 68.2 Å². The van der Waals surface area contributed by atoms with Crippen molar-refractivity contribution < 1.29 is 9.53 Å². The number of alkyl carbamates (subject to hydrolysis) is 1. The molecule has 23 heavy (non-hydrogen) atoms. The summed E-state index contributed by atoms with van der Waals surface area (Å²) in [6, 6.07) is 8.00. The van der Waals surface area contributed by atoms with Gasteiger partial charge in [-0.1, -0.05) is 12.1 Å². The molecule has 1 unspecified atom stereocenters. The number of imidazole rings is 1. The van der Waals surface area contributed by atoms with E-state index in [-0.39, 0.29) is 6.04 Å². The van der Waals surface area contributed by atoms with Crippen molar-refractivity contribution in [1.82, 2.24) is 14.9 Å². The van der Waals surface area contributed by atoms with E-state index >= 15 is 0 Å². The van der Waals surface area contributed by atoms with Gasteiger partial charge in [0.15, 0.2) is 0 Å². The highest BCUT2D eigenvalue weighted by Gasteiger charge is 2.16. The average molecular weight is 316 g/mol. The van der Waals surface area contributed by atoms with Crippen molar-refractivity contribution in [2.24, 2.45) is 0 Å². The normalized spacial score (nSPS) is 12.5. The standard InChI is InChI=1S/C17H24N4O2/c1-13(11-19-16(22)23-17(2,3)4)20-14-7-5-6-8-15(14)21-10-9-18-12-21/h5-10,12-13,20H,11H2,1-4H3,(H,19,22). The van der Waals surface area contributed by atoms with E-state index in [0.29, 0.717) is 6.54 Å². The second kappa shape index (κ2) is 7.17. The van der Waals surface area contributed by atoms with E-state index in [1.165, 1.54) is 0 Å². The first-order valence-electron chi connectivity index (χ1n) is 7.66. The molecule has 1 aromatic heterocycles.